The molecule has 2 aromatic carbocycles. The van der Waals surface area contributed by atoms with Crippen LogP contribution in [0.1, 0.15) is 54.1 Å². The van der Waals surface area contributed by atoms with Crippen LogP contribution in [0.25, 0.3) is 6.08 Å². The van der Waals surface area contributed by atoms with E-state index >= 15 is 0 Å². The second kappa shape index (κ2) is 8.94. The van der Waals surface area contributed by atoms with Gasteiger partial charge < -0.3 is 5.11 Å². The van der Waals surface area contributed by atoms with Crippen molar-refractivity contribution in [2.45, 2.75) is 39.0 Å². The lowest BCUT2D eigenvalue weighted by molar-refractivity contribution is 0.0696. The van der Waals surface area contributed by atoms with Gasteiger partial charge in [-0.1, -0.05) is 61.0 Å². The van der Waals surface area contributed by atoms with Gasteiger partial charge >= 0.3 is 5.97 Å². The molecule has 0 radical (unpaired) electrons. The smallest absolute Gasteiger partial charge is 0.335 e. The fourth-order valence-electron chi connectivity index (χ4n) is 2.68. The molecule has 120 valence electrons. The topological polar surface area (TPSA) is 37.3 Å². The van der Waals surface area contributed by atoms with E-state index in [4.69, 9.17) is 5.11 Å². The number of carboxylic acid groups (broad SMARTS) is 1. The predicted molar refractivity (Wildman–Crippen MR) is 95.7 cm³/mol. The van der Waals surface area contributed by atoms with Crippen LogP contribution in [0.2, 0.25) is 0 Å². The molecule has 2 nitrogen and oxygen atoms in total. The summed E-state index contributed by atoms with van der Waals surface area (Å²) in [5, 5.41) is 9.02. The van der Waals surface area contributed by atoms with Gasteiger partial charge in [0.1, 0.15) is 0 Å². The van der Waals surface area contributed by atoms with E-state index in [1.807, 2.05) is 18.2 Å². The van der Waals surface area contributed by atoms with Crippen LogP contribution in [-0.4, -0.2) is 11.1 Å². The third-order valence-electron chi connectivity index (χ3n) is 4.01. The van der Waals surface area contributed by atoms with Crippen molar-refractivity contribution < 1.29 is 9.90 Å². The van der Waals surface area contributed by atoms with E-state index in [0.717, 1.165) is 37.7 Å². The Morgan fingerprint density at radius 3 is 2.52 bits per heavy atom. The first-order chi connectivity index (χ1) is 11.2. The molecule has 0 fully saturated rings. The first-order valence-electron chi connectivity index (χ1n) is 8.25. The van der Waals surface area contributed by atoms with E-state index in [1.165, 1.54) is 11.1 Å². The minimum atomic E-state index is -0.856. The highest BCUT2D eigenvalue weighted by Crippen LogP contribution is 2.17. The van der Waals surface area contributed by atoms with E-state index in [0.29, 0.717) is 5.56 Å². The fraction of sp³-hybridized carbons (Fsp3) is 0.286. The van der Waals surface area contributed by atoms with Gasteiger partial charge in [-0.15, -0.1) is 0 Å². The van der Waals surface area contributed by atoms with Crippen LogP contribution in [0.15, 0.2) is 60.2 Å². The molecule has 0 aliphatic heterocycles. The highest BCUT2D eigenvalue weighted by atomic mass is 16.4. The predicted octanol–water partition coefficient (Wildman–Crippen LogP) is 5.59. The maximum Gasteiger partial charge on any atom is 0.335 e. The number of hydrogen-bond donors (Lipinski definition) is 1. The van der Waals surface area contributed by atoms with E-state index < -0.39 is 5.97 Å². The molecule has 23 heavy (non-hydrogen) atoms. The summed E-state index contributed by atoms with van der Waals surface area (Å²) in [6, 6.07) is 17.7. The second-order valence-corrected chi connectivity index (χ2v) is 5.78. The van der Waals surface area contributed by atoms with Crippen molar-refractivity contribution in [1.29, 1.82) is 0 Å². The number of allylic oxidation sites excluding steroid dienone is 1. The van der Waals surface area contributed by atoms with Gasteiger partial charge in [0, 0.05) is 0 Å². The third kappa shape index (κ3) is 5.74. The summed E-state index contributed by atoms with van der Waals surface area (Å²) in [5.74, 6) is -0.856. The van der Waals surface area contributed by atoms with Crippen molar-refractivity contribution in [3.63, 3.8) is 0 Å². The van der Waals surface area contributed by atoms with Crippen LogP contribution >= 0.6 is 0 Å². The molecule has 0 aliphatic carbocycles. The molecule has 0 heterocycles. The Labute approximate surface area is 138 Å². The Morgan fingerprint density at radius 2 is 1.83 bits per heavy atom. The van der Waals surface area contributed by atoms with Gasteiger partial charge in [0.05, 0.1) is 5.56 Å². The van der Waals surface area contributed by atoms with Crippen molar-refractivity contribution in [1.82, 2.24) is 0 Å². The number of aryl methyl sites for hydroxylation is 1. The molecule has 0 atom stereocenters. The molecule has 0 spiro atoms. The van der Waals surface area contributed by atoms with Crippen LogP contribution < -0.4 is 0 Å². The normalized spacial score (nSPS) is 11.4. The van der Waals surface area contributed by atoms with Crippen LogP contribution in [0, 0.1) is 0 Å². The Morgan fingerprint density at radius 1 is 1.04 bits per heavy atom. The lowest BCUT2D eigenvalue weighted by atomic mass is 10.00. The monoisotopic (exact) mass is 308 g/mol. The van der Waals surface area contributed by atoms with Gasteiger partial charge in [-0.3, -0.25) is 0 Å². The van der Waals surface area contributed by atoms with Crippen molar-refractivity contribution in [3.8, 4) is 0 Å². The fourth-order valence-corrected chi connectivity index (χ4v) is 2.68. The van der Waals surface area contributed by atoms with E-state index in [2.05, 4.69) is 37.3 Å². The zero-order valence-corrected chi connectivity index (χ0v) is 13.7. The summed E-state index contributed by atoms with van der Waals surface area (Å²) in [6.45, 7) is 2.20. The number of unbranched alkanes of at least 4 members (excludes halogenated alkanes) is 1. The van der Waals surface area contributed by atoms with Crippen LogP contribution in [0.4, 0.5) is 0 Å². The average molecular weight is 308 g/mol. The summed E-state index contributed by atoms with van der Waals surface area (Å²) in [4.78, 5) is 11.0. The Hall–Kier alpha value is -2.35. The van der Waals surface area contributed by atoms with Gasteiger partial charge in [-0.2, -0.15) is 0 Å². The molecular formula is C21H24O2. The van der Waals surface area contributed by atoms with Crippen molar-refractivity contribution in [2.24, 2.45) is 0 Å². The zero-order chi connectivity index (χ0) is 16.5. The molecule has 0 aliphatic rings. The molecule has 0 amide bonds. The number of hydrogen-bond acceptors (Lipinski definition) is 1. The van der Waals surface area contributed by atoms with Crippen LogP contribution in [0.5, 0.6) is 0 Å². The third-order valence-corrected chi connectivity index (χ3v) is 4.01. The molecule has 2 heteroatoms. The summed E-state index contributed by atoms with van der Waals surface area (Å²) in [7, 11) is 0. The molecule has 0 aromatic heterocycles. The molecule has 0 saturated heterocycles. The summed E-state index contributed by atoms with van der Waals surface area (Å²) < 4.78 is 0. The minimum absolute atomic E-state index is 0.376. The number of carbonyl (C=O) groups is 1. The van der Waals surface area contributed by atoms with Crippen LogP contribution in [0.3, 0.4) is 0 Å². The van der Waals surface area contributed by atoms with E-state index in [9.17, 15) is 4.79 Å². The first kappa shape index (κ1) is 17.0. The highest BCUT2D eigenvalue weighted by Gasteiger charge is 2.03. The molecular weight excluding hydrogens is 284 g/mol. The van der Waals surface area contributed by atoms with Gasteiger partial charge in [-0.05, 0) is 55.4 Å². The molecule has 0 unspecified atom stereocenters. The number of benzene rings is 2. The highest BCUT2D eigenvalue weighted by molar-refractivity contribution is 5.87. The molecule has 1 N–H and O–H groups in total. The van der Waals surface area contributed by atoms with Crippen LogP contribution in [-0.2, 0) is 6.42 Å². The van der Waals surface area contributed by atoms with Gasteiger partial charge in [0.2, 0.25) is 0 Å². The SMILES string of the molecule is CCC(=Cc1ccccc1)CCCCc1cccc(C(=O)O)c1. The first-order valence-corrected chi connectivity index (χ1v) is 8.25. The molecule has 0 saturated carbocycles. The van der Waals surface area contributed by atoms with Gasteiger partial charge in [0.25, 0.3) is 0 Å². The van der Waals surface area contributed by atoms with E-state index in [1.54, 1.807) is 12.1 Å². The summed E-state index contributed by atoms with van der Waals surface area (Å²) in [5.41, 5.74) is 4.21. The summed E-state index contributed by atoms with van der Waals surface area (Å²) in [6.07, 6.45) is 7.60. The number of aromatic carboxylic acids is 1. The average Bonchev–Trinajstić information content (AvgIpc) is 2.58. The lowest BCUT2D eigenvalue weighted by Gasteiger charge is -2.06. The standard InChI is InChI=1S/C21H24O2/c1-2-17(15-18-10-4-3-5-11-18)9-6-7-12-19-13-8-14-20(16-19)21(22)23/h3-5,8,10-11,13-16H,2,6-7,9,12H2,1H3,(H,22,23). The summed E-state index contributed by atoms with van der Waals surface area (Å²) >= 11 is 0. The maximum absolute atomic E-state index is 11.0. The second-order valence-electron chi connectivity index (χ2n) is 5.78. The molecule has 2 rings (SSSR count). The number of carboxylic acids is 1. The van der Waals surface area contributed by atoms with Gasteiger partial charge in [-0.25, -0.2) is 4.79 Å². The van der Waals surface area contributed by atoms with Crippen molar-refractivity contribution in [3.05, 3.63) is 76.9 Å². The largest absolute Gasteiger partial charge is 0.478 e. The maximum atomic E-state index is 11.0. The van der Waals surface area contributed by atoms with E-state index in [-0.39, 0.29) is 0 Å². The Bertz CT molecular complexity index is 657. The lowest BCUT2D eigenvalue weighted by Crippen LogP contribution is -1.97. The molecule has 2 aromatic rings. The minimum Gasteiger partial charge on any atom is -0.478 e. The van der Waals surface area contributed by atoms with Crippen molar-refractivity contribution >= 4 is 12.0 Å². The Kier molecular flexibility index (Phi) is 6.61. The van der Waals surface area contributed by atoms with Gasteiger partial charge in [0.15, 0.2) is 0 Å². The zero-order valence-electron chi connectivity index (χ0n) is 13.7. The quantitative estimate of drug-likeness (QED) is 0.645. The van der Waals surface area contributed by atoms with Crippen molar-refractivity contribution in [2.75, 3.05) is 0 Å². The number of rotatable bonds is 8. The molecule has 0 bridgehead atoms. The Balaban J connectivity index is 1.83.